The summed E-state index contributed by atoms with van der Waals surface area (Å²) in [5, 5.41) is 12.8. The summed E-state index contributed by atoms with van der Waals surface area (Å²) in [5.41, 5.74) is 1.04. The van der Waals surface area contributed by atoms with Crippen molar-refractivity contribution in [1.82, 2.24) is 9.47 Å². The third-order valence-corrected chi connectivity index (χ3v) is 8.97. The first-order chi connectivity index (χ1) is 26.2. The van der Waals surface area contributed by atoms with Crippen LogP contribution < -0.4 is 15.6 Å². The van der Waals surface area contributed by atoms with E-state index in [0.29, 0.717) is 27.4 Å². The number of hydrogen-bond donors (Lipinski definition) is 1. The number of pyridine rings is 1. The van der Waals surface area contributed by atoms with Gasteiger partial charge in [0, 0.05) is 34.3 Å². The summed E-state index contributed by atoms with van der Waals surface area (Å²) in [4.78, 5) is 67.5. The van der Waals surface area contributed by atoms with Crippen molar-refractivity contribution < 1.29 is 38.1 Å². The van der Waals surface area contributed by atoms with E-state index in [9.17, 15) is 29.2 Å². The number of methoxy groups -OCH3 is 1. The van der Waals surface area contributed by atoms with E-state index in [-0.39, 0.29) is 37.3 Å². The zero-order chi connectivity index (χ0) is 39.9. The van der Waals surface area contributed by atoms with Crippen LogP contribution in [0.4, 0.5) is 10.5 Å². The van der Waals surface area contributed by atoms with Crippen molar-refractivity contribution in [3.8, 4) is 22.9 Å². The lowest BCUT2D eigenvalue weighted by Crippen LogP contribution is -2.44. The van der Waals surface area contributed by atoms with Gasteiger partial charge in [0.25, 0.3) is 5.56 Å². The van der Waals surface area contributed by atoms with Gasteiger partial charge in [-0.05, 0) is 75.2 Å². The second kappa shape index (κ2) is 17.3. The highest BCUT2D eigenvalue weighted by molar-refractivity contribution is 6.31. The fraction of sp³-hybridized carbons (Fsp3) is 0.317. The maximum atomic E-state index is 13.5. The Balaban J connectivity index is 1.26. The molecule has 3 aromatic carbocycles. The van der Waals surface area contributed by atoms with Crippen LogP contribution in [-0.2, 0) is 30.4 Å². The number of nitrogens with one attached hydrogen (secondary N) is 1. The van der Waals surface area contributed by atoms with Crippen molar-refractivity contribution in [1.29, 1.82) is 5.26 Å². The predicted octanol–water partition coefficient (Wildman–Crippen LogP) is 6.92. The Kier molecular flexibility index (Phi) is 12.6. The smallest absolute Gasteiger partial charge is 0.411 e. The fourth-order valence-electron chi connectivity index (χ4n) is 6.08. The van der Waals surface area contributed by atoms with E-state index in [1.54, 1.807) is 45.9 Å². The lowest BCUT2D eigenvalue weighted by atomic mass is 10.00. The molecule has 1 aromatic heterocycles. The van der Waals surface area contributed by atoms with E-state index in [1.165, 1.54) is 53.1 Å². The number of anilines is 1. The van der Waals surface area contributed by atoms with Crippen molar-refractivity contribution >= 4 is 41.2 Å². The molecule has 14 heteroatoms. The zero-order valence-corrected chi connectivity index (χ0v) is 31.8. The molecule has 1 aliphatic rings. The highest BCUT2D eigenvalue weighted by Crippen LogP contribution is 2.34. The lowest BCUT2D eigenvalue weighted by molar-refractivity contribution is -0.150. The van der Waals surface area contributed by atoms with Gasteiger partial charge in [-0.25, -0.2) is 14.4 Å². The van der Waals surface area contributed by atoms with Crippen molar-refractivity contribution in [3.05, 3.63) is 117 Å². The summed E-state index contributed by atoms with van der Waals surface area (Å²) >= 11 is 6.18. The molecule has 0 saturated carbocycles. The second-order valence-corrected chi connectivity index (χ2v) is 14.2. The van der Waals surface area contributed by atoms with E-state index in [0.717, 1.165) is 5.56 Å². The molecule has 5 rings (SSSR count). The maximum Gasteiger partial charge on any atom is 0.411 e. The van der Waals surface area contributed by atoms with Crippen LogP contribution in [0.5, 0.6) is 5.75 Å². The van der Waals surface area contributed by atoms with Gasteiger partial charge in [0.2, 0.25) is 5.91 Å². The van der Waals surface area contributed by atoms with E-state index < -0.39 is 53.3 Å². The number of ether oxygens (including phenoxy) is 4. The highest BCUT2D eigenvalue weighted by atomic mass is 35.5. The topological polar surface area (TPSA) is 166 Å². The van der Waals surface area contributed by atoms with Crippen LogP contribution in [0, 0.1) is 11.3 Å². The van der Waals surface area contributed by atoms with Crippen LogP contribution >= 0.6 is 11.6 Å². The molecule has 286 valence electrons. The standard InChI is InChI=1S/C41H41ClN4O9/c1-6-33(45-23-35(52-5)32(20-36(45)47)31-18-28(42)15-12-27(31)21-43)37(48)44-29-16-13-26(14-17-29)38(49)54-30-19-34(46(22-30)40(51)55-41(2,3)4)39(50)53-24-25-10-8-7-9-11-25/h7-18,20,23,30,33-34H,6,19,22,24H2,1-5H3,(H,44,48)/t30-,33?,34-/m1/s1. The van der Waals surface area contributed by atoms with Crippen LogP contribution in [0.25, 0.3) is 11.1 Å². The minimum absolute atomic E-state index is 0.00880. The molecule has 55 heavy (non-hydrogen) atoms. The Morgan fingerprint density at radius 2 is 1.71 bits per heavy atom. The Hall–Kier alpha value is -6.13. The Morgan fingerprint density at radius 3 is 2.35 bits per heavy atom. The van der Waals surface area contributed by atoms with E-state index >= 15 is 0 Å². The summed E-state index contributed by atoms with van der Waals surface area (Å²) in [5.74, 6) is -1.58. The first-order valence-electron chi connectivity index (χ1n) is 17.5. The van der Waals surface area contributed by atoms with Gasteiger partial charge in [0.15, 0.2) is 0 Å². The molecule has 2 heterocycles. The number of halogens is 1. The molecule has 13 nitrogen and oxygen atoms in total. The SMILES string of the molecule is CCC(C(=O)Nc1ccc(C(=O)O[C@@H]2C[C@H](C(=O)OCc3ccccc3)N(C(=O)OC(C)(C)C)C2)cc1)n1cc(OC)c(-c2cc(Cl)ccc2C#N)cc1=O. The molecule has 1 fully saturated rings. The molecule has 1 saturated heterocycles. The van der Waals surface area contributed by atoms with Gasteiger partial charge in [-0.3, -0.25) is 19.1 Å². The van der Waals surface area contributed by atoms with Gasteiger partial charge in [0.1, 0.15) is 36.1 Å². The molecule has 3 atom stereocenters. The Bertz CT molecular complexity index is 2160. The average molecular weight is 769 g/mol. The molecule has 0 spiro atoms. The van der Waals surface area contributed by atoms with Gasteiger partial charge in [0.05, 0.1) is 37.0 Å². The molecular formula is C41H41ClN4O9. The number of carbonyl (C=O) groups excluding carboxylic acids is 4. The average Bonchev–Trinajstić information content (AvgIpc) is 3.58. The monoisotopic (exact) mass is 768 g/mol. The van der Waals surface area contributed by atoms with Gasteiger partial charge in [-0.1, -0.05) is 48.9 Å². The third kappa shape index (κ3) is 9.90. The largest absolute Gasteiger partial charge is 0.495 e. The van der Waals surface area contributed by atoms with Crippen LogP contribution in [0.2, 0.25) is 5.02 Å². The van der Waals surface area contributed by atoms with Gasteiger partial charge >= 0.3 is 18.0 Å². The van der Waals surface area contributed by atoms with Crippen molar-refractivity contribution in [3.63, 3.8) is 0 Å². The lowest BCUT2D eigenvalue weighted by Gasteiger charge is -2.27. The predicted molar refractivity (Wildman–Crippen MR) is 204 cm³/mol. The number of amides is 2. The van der Waals surface area contributed by atoms with Gasteiger partial charge in [-0.2, -0.15) is 5.26 Å². The summed E-state index contributed by atoms with van der Waals surface area (Å²) in [6.07, 6.45) is 0.124. The third-order valence-electron chi connectivity index (χ3n) is 8.73. The number of likely N-dealkylation sites (tertiary alicyclic amines) is 1. The minimum Gasteiger partial charge on any atom is -0.495 e. The minimum atomic E-state index is -1.03. The van der Waals surface area contributed by atoms with E-state index in [4.69, 9.17) is 30.5 Å². The molecule has 0 radical (unpaired) electrons. The first kappa shape index (κ1) is 40.1. The summed E-state index contributed by atoms with van der Waals surface area (Å²) < 4.78 is 23.6. The number of benzene rings is 3. The number of esters is 2. The molecular weight excluding hydrogens is 728 g/mol. The number of nitrogens with zero attached hydrogens (tertiary/aromatic N) is 3. The second-order valence-electron chi connectivity index (χ2n) is 13.8. The van der Waals surface area contributed by atoms with Gasteiger partial charge in [-0.15, -0.1) is 0 Å². The van der Waals surface area contributed by atoms with Crippen molar-refractivity contribution in [2.75, 3.05) is 19.0 Å². The number of aromatic nitrogens is 1. The Labute approximate surface area is 323 Å². The van der Waals surface area contributed by atoms with Crippen LogP contribution in [-0.4, -0.2) is 64.8 Å². The normalized spacial score (nSPS) is 15.7. The Morgan fingerprint density at radius 1 is 1.00 bits per heavy atom. The summed E-state index contributed by atoms with van der Waals surface area (Å²) in [7, 11) is 1.42. The maximum absolute atomic E-state index is 13.5. The first-order valence-corrected chi connectivity index (χ1v) is 17.9. The van der Waals surface area contributed by atoms with Crippen LogP contribution in [0.3, 0.4) is 0 Å². The molecule has 0 aliphatic carbocycles. The quantitative estimate of drug-likeness (QED) is 0.125. The highest BCUT2D eigenvalue weighted by Gasteiger charge is 2.44. The number of carbonyl (C=O) groups is 4. The van der Waals surface area contributed by atoms with E-state index in [2.05, 4.69) is 11.4 Å². The van der Waals surface area contributed by atoms with Crippen LogP contribution in [0.15, 0.2) is 89.9 Å². The number of hydrogen-bond acceptors (Lipinski definition) is 10. The summed E-state index contributed by atoms with van der Waals surface area (Å²) in [6, 6.07) is 21.2. The van der Waals surface area contributed by atoms with Crippen molar-refractivity contribution in [2.24, 2.45) is 0 Å². The van der Waals surface area contributed by atoms with Gasteiger partial charge < -0.3 is 24.3 Å². The number of nitriles is 1. The molecule has 1 aliphatic heterocycles. The molecule has 1 unspecified atom stereocenters. The van der Waals surface area contributed by atoms with E-state index in [1.807, 2.05) is 30.3 Å². The summed E-state index contributed by atoms with van der Waals surface area (Å²) in [6.45, 7) is 6.80. The molecule has 4 aromatic rings. The number of rotatable bonds is 11. The molecule has 0 bridgehead atoms. The molecule has 1 N–H and O–H groups in total. The zero-order valence-electron chi connectivity index (χ0n) is 31.0. The molecule has 2 amide bonds. The van der Waals surface area contributed by atoms with Crippen LogP contribution in [0.1, 0.15) is 68.1 Å². The fourth-order valence-corrected chi connectivity index (χ4v) is 6.25. The van der Waals surface area contributed by atoms with Crippen molar-refractivity contribution in [2.45, 2.75) is 70.9 Å².